The molecule has 4 rings (SSSR count). The molecule has 4 heterocycles. The van der Waals surface area contributed by atoms with Crippen LogP contribution in [0.4, 0.5) is 0 Å². The van der Waals surface area contributed by atoms with Gasteiger partial charge in [0.2, 0.25) is 11.8 Å². The van der Waals surface area contributed by atoms with Crippen LogP contribution in [0.25, 0.3) is 0 Å². The summed E-state index contributed by atoms with van der Waals surface area (Å²) in [4.78, 5) is 29.4. The number of hydrogen-bond acceptors (Lipinski definition) is 4. The first-order chi connectivity index (χ1) is 11.6. The van der Waals surface area contributed by atoms with E-state index < -0.39 is 0 Å². The molecule has 1 aromatic rings. The summed E-state index contributed by atoms with van der Waals surface area (Å²) in [7, 11) is 0. The van der Waals surface area contributed by atoms with Crippen LogP contribution in [0.3, 0.4) is 0 Å². The summed E-state index contributed by atoms with van der Waals surface area (Å²) in [6, 6.07) is 3.54. The van der Waals surface area contributed by atoms with Crippen molar-refractivity contribution in [2.24, 2.45) is 0 Å². The van der Waals surface area contributed by atoms with Gasteiger partial charge in [0, 0.05) is 18.7 Å². The van der Waals surface area contributed by atoms with Crippen LogP contribution in [0.15, 0.2) is 22.8 Å². The van der Waals surface area contributed by atoms with Gasteiger partial charge in [-0.25, -0.2) is 0 Å². The third kappa shape index (κ3) is 2.55. The second-order valence-corrected chi connectivity index (χ2v) is 8.68. The van der Waals surface area contributed by atoms with Crippen LogP contribution < -0.4 is 0 Å². The van der Waals surface area contributed by atoms with Crippen LogP contribution >= 0.6 is 11.8 Å². The predicted molar refractivity (Wildman–Crippen MR) is 92.4 cm³/mol. The molecule has 3 fully saturated rings. The molecule has 3 atom stereocenters. The van der Waals surface area contributed by atoms with E-state index in [-0.39, 0.29) is 28.8 Å². The molecule has 3 aliphatic heterocycles. The maximum Gasteiger partial charge on any atom is 0.246 e. The van der Waals surface area contributed by atoms with Crippen LogP contribution in [0.1, 0.15) is 57.3 Å². The number of thioether (sulfide) groups is 1. The van der Waals surface area contributed by atoms with Crippen LogP contribution in [0, 0.1) is 0 Å². The standard InChI is InChI=1S/C18H24N2O3S/c1-18-9-8-16(21)20(18)14(12-24-18)17(22)19-10-4-2-3-6-13(19)15-7-5-11-23-15/h5,7,11,13-14H,2-4,6,8-10,12H2,1H3/t13-,14-,18-/m0/s1. The molecule has 0 bridgehead atoms. The van der Waals surface area contributed by atoms with Crippen molar-refractivity contribution in [3.63, 3.8) is 0 Å². The molecule has 0 N–H and O–H groups in total. The van der Waals surface area contributed by atoms with E-state index in [2.05, 4.69) is 6.92 Å². The largest absolute Gasteiger partial charge is 0.467 e. The molecule has 3 aliphatic rings. The SMILES string of the molecule is C[C@]12CCC(=O)N1[C@H](C(=O)N1CCCCC[C@H]1c1ccco1)CS2. The molecule has 2 amide bonds. The lowest BCUT2D eigenvalue weighted by Gasteiger charge is -2.35. The quantitative estimate of drug-likeness (QED) is 0.824. The fourth-order valence-electron chi connectivity index (χ4n) is 4.34. The van der Waals surface area contributed by atoms with E-state index in [1.165, 1.54) is 0 Å². The van der Waals surface area contributed by atoms with Crippen molar-refractivity contribution in [3.05, 3.63) is 24.2 Å². The van der Waals surface area contributed by atoms with Gasteiger partial charge >= 0.3 is 0 Å². The van der Waals surface area contributed by atoms with Crippen molar-refractivity contribution in [2.75, 3.05) is 12.3 Å². The maximum atomic E-state index is 13.4. The lowest BCUT2D eigenvalue weighted by Crippen LogP contribution is -2.52. The van der Waals surface area contributed by atoms with E-state index in [0.717, 1.165) is 44.4 Å². The smallest absolute Gasteiger partial charge is 0.246 e. The molecule has 1 aromatic heterocycles. The van der Waals surface area contributed by atoms with Crippen molar-refractivity contribution in [2.45, 2.75) is 62.4 Å². The van der Waals surface area contributed by atoms with E-state index in [1.54, 1.807) is 18.0 Å². The monoisotopic (exact) mass is 348 g/mol. The van der Waals surface area contributed by atoms with E-state index in [0.29, 0.717) is 12.2 Å². The Balaban J connectivity index is 1.61. The summed E-state index contributed by atoms with van der Waals surface area (Å²) in [5.74, 6) is 1.81. The Morgan fingerprint density at radius 2 is 2.25 bits per heavy atom. The molecular formula is C18H24N2O3S. The van der Waals surface area contributed by atoms with E-state index in [4.69, 9.17) is 4.42 Å². The Labute approximate surface area is 146 Å². The van der Waals surface area contributed by atoms with E-state index in [9.17, 15) is 9.59 Å². The molecular weight excluding hydrogens is 324 g/mol. The number of rotatable bonds is 2. The first kappa shape index (κ1) is 16.1. The van der Waals surface area contributed by atoms with Crippen molar-refractivity contribution in [3.8, 4) is 0 Å². The Morgan fingerprint density at radius 1 is 1.38 bits per heavy atom. The topological polar surface area (TPSA) is 53.8 Å². The minimum absolute atomic E-state index is 0.00422. The van der Waals surface area contributed by atoms with Crippen LogP contribution in [-0.2, 0) is 9.59 Å². The first-order valence-corrected chi connectivity index (χ1v) is 9.89. The number of carbonyl (C=O) groups excluding carboxylic acids is 2. The minimum Gasteiger partial charge on any atom is -0.467 e. The lowest BCUT2D eigenvalue weighted by atomic mass is 10.1. The van der Waals surface area contributed by atoms with Gasteiger partial charge in [0.05, 0.1) is 17.2 Å². The summed E-state index contributed by atoms with van der Waals surface area (Å²) < 4.78 is 5.62. The summed E-state index contributed by atoms with van der Waals surface area (Å²) >= 11 is 1.76. The molecule has 130 valence electrons. The third-order valence-corrected chi connectivity index (χ3v) is 7.14. The number of amides is 2. The van der Waals surface area contributed by atoms with Gasteiger partial charge in [0.25, 0.3) is 0 Å². The summed E-state index contributed by atoms with van der Waals surface area (Å²) in [6.45, 7) is 2.85. The van der Waals surface area contributed by atoms with Crippen molar-refractivity contribution < 1.29 is 14.0 Å². The molecule has 0 unspecified atom stereocenters. The van der Waals surface area contributed by atoms with Crippen molar-refractivity contribution >= 4 is 23.6 Å². The zero-order valence-corrected chi connectivity index (χ0v) is 14.9. The highest BCUT2D eigenvalue weighted by Gasteiger charge is 2.54. The fourth-order valence-corrected chi connectivity index (χ4v) is 5.77. The Morgan fingerprint density at radius 3 is 3.04 bits per heavy atom. The number of hydrogen-bond donors (Lipinski definition) is 0. The molecule has 3 saturated heterocycles. The lowest BCUT2D eigenvalue weighted by molar-refractivity contribution is -0.145. The molecule has 24 heavy (non-hydrogen) atoms. The fraction of sp³-hybridized carbons (Fsp3) is 0.667. The predicted octanol–water partition coefficient (Wildman–Crippen LogP) is 3.18. The molecule has 5 nitrogen and oxygen atoms in total. The molecule has 0 spiro atoms. The van der Waals surface area contributed by atoms with Gasteiger partial charge in [0.1, 0.15) is 11.8 Å². The summed E-state index contributed by atoms with van der Waals surface area (Å²) in [6.07, 6.45) is 7.29. The second kappa shape index (κ2) is 6.14. The van der Waals surface area contributed by atoms with Crippen LogP contribution in [0.5, 0.6) is 0 Å². The average Bonchev–Trinajstić information content (AvgIpc) is 3.22. The van der Waals surface area contributed by atoms with Gasteiger partial charge in [-0.05, 0) is 38.3 Å². The number of likely N-dealkylation sites (tertiary alicyclic amines) is 1. The molecule has 0 aromatic carbocycles. The number of carbonyl (C=O) groups is 2. The Kier molecular flexibility index (Phi) is 4.11. The first-order valence-electron chi connectivity index (χ1n) is 8.90. The average molecular weight is 348 g/mol. The van der Waals surface area contributed by atoms with Gasteiger partial charge in [-0.1, -0.05) is 12.8 Å². The van der Waals surface area contributed by atoms with E-state index >= 15 is 0 Å². The number of nitrogens with zero attached hydrogens (tertiary/aromatic N) is 2. The van der Waals surface area contributed by atoms with Gasteiger partial charge < -0.3 is 14.2 Å². The highest BCUT2D eigenvalue weighted by atomic mass is 32.2. The van der Waals surface area contributed by atoms with Gasteiger partial charge in [-0.15, -0.1) is 11.8 Å². The van der Waals surface area contributed by atoms with Crippen LogP contribution in [-0.4, -0.2) is 44.8 Å². The zero-order valence-electron chi connectivity index (χ0n) is 14.1. The zero-order chi connectivity index (χ0) is 16.7. The van der Waals surface area contributed by atoms with Gasteiger partial charge in [-0.2, -0.15) is 0 Å². The highest BCUT2D eigenvalue weighted by molar-refractivity contribution is 8.01. The summed E-state index contributed by atoms with van der Waals surface area (Å²) in [5, 5.41) is 0. The Hall–Kier alpha value is -1.43. The van der Waals surface area contributed by atoms with E-state index in [1.807, 2.05) is 21.9 Å². The van der Waals surface area contributed by atoms with Crippen molar-refractivity contribution in [1.29, 1.82) is 0 Å². The number of fused-ring (bicyclic) bond motifs is 1. The molecule has 0 aliphatic carbocycles. The van der Waals surface area contributed by atoms with Crippen LogP contribution in [0.2, 0.25) is 0 Å². The molecule has 0 radical (unpaired) electrons. The minimum atomic E-state index is -0.314. The summed E-state index contributed by atoms with van der Waals surface area (Å²) in [5.41, 5.74) is 0. The van der Waals surface area contributed by atoms with Gasteiger partial charge in [-0.3, -0.25) is 9.59 Å². The normalized spacial score (nSPS) is 33.6. The Bertz CT molecular complexity index is 632. The third-order valence-electron chi connectivity index (χ3n) is 5.64. The molecule has 0 saturated carbocycles. The van der Waals surface area contributed by atoms with Crippen molar-refractivity contribution in [1.82, 2.24) is 9.80 Å². The maximum absolute atomic E-state index is 13.4. The molecule has 6 heteroatoms. The second-order valence-electron chi connectivity index (χ2n) is 7.18. The van der Waals surface area contributed by atoms with Gasteiger partial charge in [0.15, 0.2) is 0 Å². The highest BCUT2D eigenvalue weighted by Crippen LogP contribution is 2.48. The number of furan rings is 1.